The van der Waals surface area contributed by atoms with Crippen LogP contribution >= 0.6 is 0 Å². The molecule has 20 heavy (non-hydrogen) atoms. The maximum Gasteiger partial charge on any atom is 0.215 e. The van der Waals surface area contributed by atoms with Gasteiger partial charge in [0, 0.05) is 25.7 Å². The minimum absolute atomic E-state index is 0.00901. The van der Waals surface area contributed by atoms with Gasteiger partial charge in [-0.15, -0.1) is 0 Å². The van der Waals surface area contributed by atoms with Crippen molar-refractivity contribution in [1.82, 2.24) is 14.5 Å². The van der Waals surface area contributed by atoms with Crippen LogP contribution in [0.25, 0.3) is 0 Å². The molecule has 108 valence electrons. The Morgan fingerprint density at radius 2 is 1.95 bits per heavy atom. The quantitative estimate of drug-likeness (QED) is 0.875. The molecule has 0 aliphatic rings. The standard InChI is InChI=1S/C14H19N3O2S/c1-12-10-14(16-17(12)2)8-9-15-20(18,19)11-13-6-4-3-5-7-13/h3-7,10,15H,8-9,11H2,1-2H3. The van der Waals surface area contributed by atoms with Crippen molar-refractivity contribution in [1.29, 1.82) is 0 Å². The lowest BCUT2D eigenvalue weighted by molar-refractivity contribution is 0.580. The second-order valence-corrected chi connectivity index (χ2v) is 6.60. The summed E-state index contributed by atoms with van der Waals surface area (Å²) in [5.74, 6) is 0.00901. The van der Waals surface area contributed by atoms with Gasteiger partial charge in [-0.05, 0) is 18.6 Å². The molecule has 0 bridgehead atoms. The summed E-state index contributed by atoms with van der Waals surface area (Å²) in [6, 6.07) is 11.1. The van der Waals surface area contributed by atoms with E-state index in [1.54, 1.807) is 16.8 Å². The van der Waals surface area contributed by atoms with Crippen LogP contribution in [0.1, 0.15) is 17.0 Å². The van der Waals surface area contributed by atoms with E-state index in [0.29, 0.717) is 13.0 Å². The van der Waals surface area contributed by atoms with Crippen molar-refractivity contribution in [3.63, 3.8) is 0 Å². The minimum atomic E-state index is -3.29. The van der Waals surface area contributed by atoms with Crippen molar-refractivity contribution in [2.45, 2.75) is 19.1 Å². The van der Waals surface area contributed by atoms with Crippen LogP contribution in [0.5, 0.6) is 0 Å². The van der Waals surface area contributed by atoms with E-state index in [9.17, 15) is 8.42 Å². The number of nitrogens with zero attached hydrogens (tertiary/aromatic N) is 2. The van der Waals surface area contributed by atoms with Gasteiger partial charge < -0.3 is 0 Å². The molecule has 0 spiro atoms. The van der Waals surface area contributed by atoms with Crippen molar-refractivity contribution in [2.75, 3.05) is 6.54 Å². The van der Waals surface area contributed by atoms with Crippen LogP contribution in [0, 0.1) is 6.92 Å². The molecule has 1 aromatic heterocycles. The Bertz CT molecular complexity index is 643. The molecule has 0 amide bonds. The maximum absolute atomic E-state index is 11.9. The first-order valence-electron chi connectivity index (χ1n) is 6.47. The SMILES string of the molecule is Cc1cc(CCNS(=O)(=O)Cc2ccccc2)nn1C. The fourth-order valence-electron chi connectivity index (χ4n) is 1.94. The average Bonchev–Trinajstić information content (AvgIpc) is 2.69. The highest BCUT2D eigenvalue weighted by Crippen LogP contribution is 2.05. The maximum atomic E-state index is 11.9. The largest absolute Gasteiger partial charge is 0.273 e. The molecule has 0 radical (unpaired) electrons. The molecule has 0 unspecified atom stereocenters. The normalized spacial score (nSPS) is 11.7. The van der Waals surface area contributed by atoms with Gasteiger partial charge in [-0.1, -0.05) is 30.3 Å². The van der Waals surface area contributed by atoms with Crippen molar-refractivity contribution in [3.05, 3.63) is 53.3 Å². The predicted octanol–water partition coefficient (Wildman–Crippen LogP) is 1.39. The summed E-state index contributed by atoms with van der Waals surface area (Å²) in [4.78, 5) is 0. The zero-order valence-electron chi connectivity index (χ0n) is 11.7. The van der Waals surface area contributed by atoms with E-state index in [2.05, 4.69) is 9.82 Å². The molecule has 2 aromatic rings. The van der Waals surface area contributed by atoms with Gasteiger partial charge in [-0.25, -0.2) is 13.1 Å². The molecule has 0 atom stereocenters. The van der Waals surface area contributed by atoms with Gasteiger partial charge in [-0.3, -0.25) is 4.68 Å². The van der Waals surface area contributed by atoms with Crippen LogP contribution in [0.15, 0.2) is 36.4 Å². The van der Waals surface area contributed by atoms with E-state index in [1.165, 1.54) is 0 Å². The number of nitrogens with one attached hydrogen (secondary N) is 1. The molecule has 5 nitrogen and oxygen atoms in total. The lowest BCUT2D eigenvalue weighted by Gasteiger charge is -2.05. The highest BCUT2D eigenvalue weighted by molar-refractivity contribution is 7.88. The van der Waals surface area contributed by atoms with E-state index in [1.807, 2.05) is 38.2 Å². The van der Waals surface area contributed by atoms with Crippen LogP contribution in [0.3, 0.4) is 0 Å². The molecule has 0 aliphatic heterocycles. The van der Waals surface area contributed by atoms with Gasteiger partial charge in [-0.2, -0.15) is 5.10 Å². The van der Waals surface area contributed by atoms with Gasteiger partial charge in [0.2, 0.25) is 10.0 Å². The fraction of sp³-hybridized carbons (Fsp3) is 0.357. The first-order chi connectivity index (χ1) is 9.46. The molecular weight excluding hydrogens is 274 g/mol. The minimum Gasteiger partial charge on any atom is -0.273 e. The zero-order valence-corrected chi connectivity index (χ0v) is 12.5. The third kappa shape index (κ3) is 4.18. The topological polar surface area (TPSA) is 64.0 Å². The summed E-state index contributed by atoms with van der Waals surface area (Å²) in [6.07, 6.45) is 0.593. The monoisotopic (exact) mass is 293 g/mol. The molecule has 0 saturated heterocycles. The molecule has 0 saturated carbocycles. The highest BCUT2D eigenvalue weighted by atomic mass is 32.2. The molecule has 1 aromatic carbocycles. The van der Waals surface area contributed by atoms with Crippen LogP contribution in [0.2, 0.25) is 0 Å². The Kier molecular flexibility index (Phi) is 4.57. The van der Waals surface area contributed by atoms with Crippen LogP contribution in [0.4, 0.5) is 0 Å². The summed E-state index contributed by atoms with van der Waals surface area (Å²) >= 11 is 0. The number of hydrogen-bond acceptors (Lipinski definition) is 3. The van der Waals surface area contributed by atoms with Gasteiger partial charge in [0.1, 0.15) is 0 Å². The Morgan fingerprint density at radius 1 is 1.25 bits per heavy atom. The number of sulfonamides is 1. The Hall–Kier alpha value is -1.66. The molecule has 6 heteroatoms. The van der Waals surface area contributed by atoms with Gasteiger partial charge >= 0.3 is 0 Å². The van der Waals surface area contributed by atoms with E-state index in [-0.39, 0.29) is 5.75 Å². The van der Waals surface area contributed by atoms with Crippen LogP contribution < -0.4 is 4.72 Å². The van der Waals surface area contributed by atoms with Crippen LogP contribution in [-0.4, -0.2) is 24.7 Å². The van der Waals surface area contributed by atoms with Crippen molar-refractivity contribution < 1.29 is 8.42 Å². The molecular formula is C14H19N3O2S. The average molecular weight is 293 g/mol. The fourth-order valence-corrected chi connectivity index (χ4v) is 3.08. The first kappa shape index (κ1) is 14.7. The summed E-state index contributed by atoms with van der Waals surface area (Å²) < 4.78 is 28.2. The number of benzene rings is 1. The third-order valence-electron chi connectivity index (χ3n) is 3.07. The molecule has 1 heterocycles. The second kappa shape index (κ2) is 6.19. The summed E-state index contributed by atoms with van der Waals surface area (Å²) in [7, 11) is -1.42. The van der Waals surface area contributed by atoms with Crippen LogP contribution in [-0.2, 0) is 29.2 Å². The molecule has 0 fully saturated rings. The number of hydrogen-bond donors (Lipinski definition) is 1. The second-order valence-electron chi connectivity index (χ2n) is 4.79. The summed E-state index contributed by atoms with van der Waals surface area (Å²) in [5, 5.41) is 4.30. The molecule has 2 rings (SSSR count). The van der Waals surface area contributed by atoms with Crippen molar-refractivity contribution in [3.8, 4) is 0 Å². The Labute approximate surface area is 119 Å². The van der Waals surface area contributed by atoms with E-state index >= 15 is 0 Å². The zero-order chi connectivity index (χ0) is 14.6. The molecule has 0 aliphatic carbocycles. The third-order valence-corrected chi connectivity index (χ3v) is 4.42. The van der Waals surface area contributed by atoms with E-state index in [4.69, 9.17) is 0 Å². The van der Waals surface area contributed by atoms with Gasteiger partial charge in [0.05, 0.1) is 11.4 Å². The number of aromatic nitrogens is 2. The lowest BCUT2D eigenvalue weighted by Crippen LogP contribution is -2.27. The van der Waals surface area contributed by atoms with E-state index < -0.39 is 10.0 Å². The first-order valence-corrected chi connectivity index (χ1v) is 8.12. The predicted molar refractivity (Wildman–Crippen MR) is 78.7 cm³/mol. The Balaban J connectivity index is 1.86. The highest BCUT2D eigenvalue weighted by Gasteiger charge is 2.11. The summed E-state index contributed by atoms with van der Waals surface area (Å²) in [5.41, 5.74) is 2.74. The lowest BCUT2D eigenvalue weighted by atomic mass is 10.2. The van der Waals surface area contributed by atoms with Crippen molar-refractivity contribution >= 4 is 10.0 Å². The van der Waals surface area contributed by atoms with Crippen molar-refractivity contribution in [2.24, 2.45) is 7.05 Å². The summed E-state index contributed by atoms with van der Waals surface area (Å²) in [6.45, 7) is 2.34. The number of aryl methyl sites for hydroxylation is 2. The molecule has 1 N–H and O–H groups in total. The van der Waals surface area contributed by atoms with Gasteiger partial charge in [0.15, 0.2) is 0 Å². The van der Waals surface area contributed by atoms with E-state index in [0.717, 1.165) is 17.0 Å². The Morgan fingerprint density at radius 3 is 2.55 bits per heavy atom. The number of rotatable bonds is 6. The van der Waals surface area contributed by atoms with Gasteiger partial charge in [0.25, 0.3) is 0 Å². The smallest absolute Gasteiger partial charge is 0.215 e.